The van der Waals surface area contributed by atoms with Crippen LogP contribution in [-0.2, 0) is 9.84 Å². The lowest BCUT2D eigenvalue weighted by Gasteiger charge is -2.09. The Morgan fingerprint density at radius 1 is 1.12 bits per heavy atom. The number of ether oxygens (including phenoxy) is 1. The Balaban J connectivity index is 1.82. The molecule has 1 aliphatic rings. The Hall–Kier alpha value is -2.41. The van der Waals surface area contributed by atoms with Crippen molar-refractivity contribution in [3.05, 3.63) is 42.5 Å². The summed E-state index contributed by atoms with van der Waals surface area (Å²) < 4.78 is 31.1. The van der Waals surface area contributed by atoms with E-state index in [9.17, 15) is 8.42 Å². The number of benzene rings is 1. The molecule has 0 bridgehead atoms. The Morgan fingerprint density at radius 2 is 1.84 bits per heavy atom. The van der Waals surface area contributed by atoms with Gasteiger partial charge in [0.1, 0.15) is 22.5 Å². The summed E-state index contributed by atoms with van der Waals surface area (Å²) in [5, 5.41) is 0. The van der Waals surface area contributed by atoms with Gasteiger partial charge in [-0.3, -0.25) is 0 Å². The summed E-state index contributed by atoms with van der Waals surface area (Å²) in [5.41, 5.74) is 2.13. The molecular weight excluding hydrogens is 338 g/mol. The third-order valence-corrected chi connectivity index (χ3v) is 6.64. The van der Waals surface area contributed by atoms with Crippen molar-refractivity contribution in [3.8, 4) is 5.75 Å². The first-order valence-corrected chi connectivity index (χ1v) is 9.80. The second-order valence-electron chi connectivity index (χ2n) is 6.30. The number of H-pyrrole nitrogens is 1. The van der Waals surface area contributed by atoms with Gasteiger partial charge in [-0.2, -0.15) is 0 Å². The number of nitrogens with one attached hydrogen (secondary N) is 1. The van der Waals surface area contributed by atoms with Gasteiger partial charge in [-0.25, -0.2) is 18.4 Å². The topological polar surface area (TPSA) is 84.9 Å². The molecular formula is C18H19N3O3S. The third-order valence-electron chi connectivity index (χ3n) is 4.86. The molecule has 0 saturated heterocycles. The van der Waals surface area contributed by atoms with Crippen LogP contribution in [0.15, 0.2) is 46.6 Å². The zero-order valence-electron chi connectivity index (χ0n) is 13.9. The average molecular weight is 357 g/mol. The van der Waals surface area contributed by atoms with E-state index in [4.69, 9.17) is 4.74 Å². The van der Waals surface area contributed by atoms with Crippen LogP contribution in [0.5, 0.6) is 5.75 Å². The molecule has 130 valence electrons. The molecule has 4 rings (SSSR count). The standard InChI is InChI=1S/C18H19N3O3S/c1-24-13-6-8-14(9-7-13)25(22,23)15-10-19-18-16(12-4-2-3-5-12)20-11-21-17(15)18/h6-12,19H,2-5H2,1H3. The van der Waals surface area contributed by atoms with Gasteiger partial charge in [-0.05, 0) is 37.1 Å². The van der Waals surface area contributed by atoms with Gasteiger partial charge >= 0.3 is 0 Å². The van der Waals surface area contributed by atoms with E-state index < -0.39 is 9.84 Å². The van der Waals surface area contributed by atoms with Crippen molar-refractivity contribution >= 4 is 20.9 Å². The van der Waals surface area contributed by atoms with Gasteiger partial charge in [0, 0.05) is 12.1 Å². The summed E-state index contributed by atoms with van der Waals surface area (Å²) in [4.78, 5) is 12.2. The molecule has 1 aliphatic carbocycles. The zero-order chi connectivity index (χ0) is 17.4. The van der Waals surface area contributed by atoms with Crippen molar-refractivity contribution in [2.75, 3.05) is 7.11 Å². The highest BCUT2D eigenvalue weighted by Gasteiger charge is 2.27. The molecule has 0 atom stereocenters. The highest BCUT2D eigenvalue weighted by molar-refractivity contribution is 7.91. The largest absolute Gasteiger partial charge is 0.497 e. The van der Waals surface area contributed by atoms with E-state index in [-0.39, 0.29) is 9.79 Å². The van der Waals surface area contributed by atoms with E-state index >= 15 is 0 Å². The highest BCUT2D eigenvalue weighted by Crippen LogP contribution is 2.37. The van der Waals surface area contributed by atoms with E-state index in [0.717, 1.165) is 24.1 Å². The molecule has 3 aromatic rings. The normalized spacial score (nSPS) is 15.7. The second-order valence-corrected chi connectivity index (χ2v) is 8.21. The lowest BCUT2D eigenvalue weighted by Crippen LogP contribution is -2.03. The van der Waals surface area contributed by atoms with Crippen LogP contribution in [-0.4, -0.2) is 30.5 Å². The molecule has 2 aromatic heterocycles. The zero-order valence-corrected chi connectivity index (χ0v) is 14.7. The molecule has 0 radical (unpaired) electrons. The quantitative estimate of drug-likeness (QED) is 0.773. The van der Waals surface area contributed by atoms with Crippen molar-refractivity contribution in [1.82, 2.24) is 15.0 Å². The number of fused-ring (bicyclic) bond motifs is 1. The summed E-state index contributed by atoms with van der Waals surface area (Å²) in [6.07, 6.45) is 7.55. The molecule has 1 saturated carbocycles. The van der Waals surface area contributed by atoms with E-state index in [1.165, 1.54) is 25.4 Å². The fourth-order valence-corrected chi connectivity index (χ4v) is 4.90. The second kappa shape index (κ2) is 6.15. The fourth-order valence-electron chi connectivity index (χ4n) is 3.53. The smallest absolute Gasteiger partial charge is 0.210 e. The molecule has 7 heteroatoms. The Morgan fingerprint density at radius 3 is 2.52 bits per heavy atom. The summed E-state index contributed by atoms with van der Waals surface area (Å²) in [5.74, 6) is 0.990. The predicted octanol–water partition coefficient (Wildman–Crippen LogP) is 3.46. The Bertz CT molecular complexity index is 1000. The van der Waals surface area contributed by atoms with Crippen LogP contribution in [0, 0.1) is 0 Å². The molecule has 1 N–H and O–H groups in total. The van der Waals surface area contributed by atoms with E-state index in [1.54, 1.807) is 31.4 Å². The van der Waals surface area contributed by atoms with E-state index in [0.29, 0.717) is 17.2 Å². The van der Waals surface area contributed by atoms with E-state index in [2.05, 4.69) is 15.0 Å². The first-order valence-electron chi connectivity index (χ1n) is 8.32. The van der Waals surface area contributed by atoms with Crippen molar-refractivity contribution in [2.45, 2.75) is 41.4 Å². The molecule has 1 aromatic carbocycles. The number of methoxy groups -OCH3 is 1. The highest BCUT2D eigenvalue weighted by atomic mass is 32.2. The molecule has 0 unspecified atom stereocenters. The molecule has 6 nitrogen and oxygen atoms in total. The van der Waals surface area contributed by atoms with Crippen LogP contribution in [0.4, 0.5) is 0 Å². The molecule has 1 fully saturated rings. The monoisotopic (exact) mass is 357 g/mol. The van der Waals surface area contributed by atoms with Crippen molar-refractivity contribution in [2.24, 2.45) is 0 Å². The van der Waals surface area contributed by atoms with Crippen LogP contribution in [0.3, 0.4) is 0 Å². The van der Waals surface area contributed by atoms with Crippen LogP contribution in [0.2, 0.25) is 0 Å². The van der Waals surface area contributed by atoms with Gasteiger partial charge in [0.05, 0.1) is 23.2 Å². The van der Waals surface area contributed by atoms with Crippen LogP contribution < -0.4 is 4.74 Å². The summed E-state index contributed by atoms with van der Waals surface area (Å²) >= 11 is 0. The number of nitrogens with zero attached hydrogens (tertiary/aromatic N) is 2. The fraction of sp³-hybridized carbons (Fsp3) is 0.333. The Kier molecular flexibility index (Phi) is 3.95. The van der Waals surface area contributed by atoms with Gasteiger partial charge < -0.3 is 9.72 Å². The molecule has 0 spiro atoms. The lowest BCUT2D eigenvalue weighted by atomic mass is 10.0. The number of aromatic amines is 1. The minimum absolute atomic E-state index is 0.189. The lowest BCUT2D eigenvalue weighted by molar-refractivity contribution is 0.414. The molecule has 0 amide bonds. The van der Waals surface area contributed by atoms with Crippen LogP contribution >= 0.6 is 0 Å². The SMILES string of the molecule is COc1ccc(S(=O)(=O)c2c[nH]c3c(C4CCCC4)ncnc23)cc1. The summed E-state index contributed by atoms with van der Waals surface area (Å²) in [6, 6.07) is 6.37. The number of sulfone groups is 1. The van der Waals surface area contributed by atoms with Crippen LogP contribution in [0.1, 0.15) is 37.3 Å². The van der Waals surface area contributed by atoms with Gasteiger partial charge in [-0.15, -0.1) is 0 Å². The van der Waals surface area contributed by atoms with Crippen molar-refractivity contribution in [1.29, 1.82) is 0 Å². The number of aromatic nitrogens is 3. The predicted molar refractivity (Wildman–Crippen MR) is 93.5 cm³/mol. The van der Waals surface area contributed by atoms with Crippen molar-refractivity contribution < 1.29 is 13.2 Å². The van der Waals surface area contributed by atoms with Crippen molar-refractivity contribution in [3.63, 3.8) is 0 Å². The maximum absolute atomic E-state index is 13.0. The first kappa shape index (κ1) is 16.1. The molecule has 25 heavy (non-hydrogen) atoms. The van der Waals surface area contributed by atoms with Gasteiger partial charge in [-0.1, -0.05) is 12.8 Å². The van der Waals surface area contributed by atoms with Gasteiger partial charge in [0.2, 0.25) is 9.84 Å². The van der Waals surface area contributed by atoms with Gasteiger partial charge in [0.25, 0.3) is 0 Å². The molecule has 2 heterocycles. The average Bonchev–Trinajstić information content (AvgIpc) is 3.31. The Labute approximate surface area is 146 Å². The maximum atomic E-state index is 13.0. The number of hydrogen-bond acceptors (Lipinski definition) is 5. The molecule has 0 aliphatic heterocycles. The first-order chi connectivity index (χ1) is 12.1. The minimum Gasteiger partial charge on any atom is -0.497 e. The number of hydrogen-bond donors (Lipinski definition) is 1. The van der Waals surface area contributed by atoms with Crippen LogP contribution in [0.25, 0.3) is 11.0 Å². The maximum Gasteiger partial charge on any atom is 0.210 e. The number of rotatable bonds is 4. The van der Waals surface area contributed by atoms with Gasteiger partial charge in [0.15, 0.2) is 0 Å². The summed E-state index contributed by atoms with van der Waals surface area (Å²) in [7, 11) is -2.12. The summed E-state index contributed by atoms with van der Waals surface area (Å²) in [6.45, 7) is 0. The third kappa shape index (κ3) is 2.68. The van der Waals surface area contributed by atoms with E-state index in [1.807, 2.05) is 0 Å². The minimum atomic E-state index is -3.66.